The minimum Gasteiger partial charge on any atom is -0.378 e. The number of morpholine rings is 1. The molecule has 2 N–H and O–H groups in total. The van der Waals surface area contributed by atoms with Gasteiger partial charge in [0.15, 0.2) is 0 Å². The quantitative estimate of drug-likeness (QED) is 0.415. The van der Waals surface area contributed by atoms with Gasteiger partial charge in [0.1, 0.15) is 0 Å². The smallest absolute Gasteiger partial charge is 0.232 e. The molecule has 2 atom stereocenters. The lowest BCUT2D eigenvalue weighted by Crippen LogP contribution is -2.37. The third kappa shape index (κ3) is 8.62. The van der Waals surface area contributed by atoms with E-state index >= 15 is 0 Å². The molecule has 2 rings (SSSR count). The van der Waals surface area contributed by atoms with Crippen LogP contribution in [0.2, 0.25) is 0 Å². The van der Waals surface area contributed by atoms with E-state index in [-0.39, 0.29) is 0 Å². The molecule has 0 saturated carbocycles. The average Bonchev–Trinajstić information content (AvgIpc) is 2.80. The zero-order valence-corrected chi connectivity index (χ0v) is 19.8. The first-order valence-electron chi connectivity index (χ1n) is 12.3. The largest absolute Gasteiger partial charge is 0.378 e. The van der Waals surface area contributed by atoms with Crippen molar-refractivity contribution in [1.29, 1.82) is 0 Å². The molecule has 1 aromatic rings. The number of anilines is 3. The van der Waals surface area contributed by atoms with E-state index in [4.69, 9.17) is 19.7 Å². The number of aromatic nitrogens is 3. The van der Waals surface area contributed by atoms with Gasteiger partial charge in [-0.25, -0.2) is 0 Å². The lowest BCUT2D eigenvalue weighted by atomic mass is 9.99. The van der Waals surface area contributed by atoms with E-state index in [1.165, 1.54) is 51.4 Å². The Bertz CT molecular complexity index is 541. The fourth-order valence-electron chi connectivity index (χ4n) is 3.79. The number of rotatable bonds is 15. The van der Waals surface area contributed by atoms with Crippen molar-refractivity contribution in [3.05, 3.63) is 0 Å². The van der Waals surface area contributed by atoms with E-state index in [1.807, 2.05) is 0 Å². The molecular weight excluding hydrogens is 376 g/mol. The molecule has 0 radical (unpaired) electrons. The van der Waals surface area contributed by atoms with Gasteiger partial charge in [-0.2, -0.15) is 15.0 Å². The molecule has 2 unspecified atom stereocenters. The van der Waals surface area contributed by atoms with Crippen molar-refractivity contribution >= 4 is 17.8 Å². The van der Waals surface area contributed by atoms with E-state index in [0.717, 1.165) is 45.3 Å². The Morgan fingerprint density at radius 2 is 1.30 bits per heavy atom. The van der Waals surface area contributed by atoms with Crippen LogP contribution in [0.5, 0.6) is 0 Å². The summed E-state index contributed by atoms with van der Waals surface area (Å²) < 4.78 is 5.50. The topological polar surface area (TPSA) is 75.2 Å². The van der Waals surface area contributed by atoms with Gasteiger partial charge in [0.25, 0.3) is 0 Å². The van der Waals surface area contributed by atoms with Crippen LogP contribution < -0.4 is 15.5 Å². The second-order valence-corrected chi connectivity index (χ2v) is 8.48. The molecular formula is C23H44N6O. The van der Waals surface area contributed by atoms with Crippen LogP contribution in [0.15, 0.2) is 0 Å². The first kappa shape index (κ1) is 24.6. The summed E-state index contributed by atoms with van der Waals surface area (Å²) in [5, 5.41) is 7.00. The number of hydrogen-bond acceptors (Lipinski definition) is 7. The lowest BCUT2D eigenvalue weighted by Gasteiger charge is -2.27. The molecule has 30 heavy (non-hydrogen) atoms. The maximum Gasteiger partial charge on any atom is 0.232 e. The Balaban J connectivity index is 2.07. The van der Waals surface area contributed by atoms with Crippen LogP contribution in [0.1, 0.15) is 79.1 Å². The predicted octanol–water partition coefficient (Wildman–Crippen LogP) is 4.96. The molecule has 1 aromatic heterocycles. The zero-order chi connectivity index (χ0) is 21.6. The van der Waals surface area contributed by atoms with Gasteiger partial charge in [-0.3, -0.25) is 0 Å². The molecule has 1 aliphatic rings. The maximum atomic E-state index is 5.50. The van der Waals surface area contributed by atoms with Crippen LogP contribution in [0, 0.1) is 11.8 Å². The summed E-state index contributed by atoms with van der Waals surface area (Å²) in [4.78, 5) is 16.4. The normalized spacial score (nSPS) is 16.3. The van der Waals surface area contributed by atoms with E-state index in [1.54, 1.807) is 0 Å². The summed E-state index contributed by atoms with van der Waals surface area (Å²) in [6, 6.07) is 0. The average molecular weight is 421 g/mol. The van der Waals surface area contributed by atoms with Crippen molar-refractivity contribution in [2.45, 2.75) is 79.1 Å². The third-order valence-corrected chi connectivity index (χ3v) is 6.10. The first-order chi connectivity index (χ1) is 14.7. The molecule has 1 fully saturated rings. The lowest BCUT2D eigenvalue weighted by molar-refractivity contribution is 0.122. The highest BCUT2D eigenvalue weighted by Crippen LogP contribution is 2.19. The van der Waals surface area contributed by atoms with E-state index < -0.39 is 0 Å². The van der Waals surface area contributed by atoms with Gasteiger partial charge in [-0.1, -0.05) is 66.2 Å². The van der Waals surface area contributed by atoms with Crippen molar-refractivity contribution in [3.8, 4) is 0 Å². The molecule has 1 aliphatic heterocycles. The number of hydrogen-bond donors (Lipinski definition) is 2. The second-order valence-electron chi connectivity index (χ2n) is 8.48. The standard InChI is InChI=1S/C23H44N6O/c1-5-9-11-19(7-3)17-24-21-26-22(25-18-20(8-4)12-10-6-2)28-23(27-21)29-13-15-30-16-14-29/h19-20H,5-18H2,1-4H3,(H2,24,25,26,27,28). The van der Waals surface area contributed by atoms with Gasteiger partial charge in [-0.15, -0.1) is 0 Å². The Hall–Kier alpha value is -1.63. The number of unbranched alkanes of at least 4 members (excludes halogenated alkanes) is 2. The number of nitrogens with one attached hydrogen (secondary N) is 2. The van der Waals surface area contributed by atoms with Crippen molar-refractivity contribution in [2.75, 3.05) is 54.9 Å². The first-order valence-corrected chi connectivity index (χ1v) is 12.3. The van der Waals surface area contributed by atoms with E-state index in [0.29, 0.717) is 23.7 Å². The van der Waals surface area contributed by atoms with Gasteiger partial charge in [0.05, 0.1) is 13.2 Å². The van der Waals surface area contributed by atoms with Gasteiger partial charge in [0, 0.05) is 26.2 Å². The summed E-state index contributed by atoms with van der Waals surface area (Å²) in [5.74, 6) is 3.43. The molecule has 0 amide bonds. The predicted molar refractivity (Wildman–Crippen MR) is 126 cm³/mol. The van der Waals surface area contributed by atoms with Crippen molar-refractivity contribution in [2.24, 2.45) is 11.8 Å². The maximum absolute atomic E-state index is 5.50. The Labute approximate surface area is 183 Å². The highest BCUT2D eigenvalue weighted by Gasteiger charge is 2.17. The van der Waals surface area contributed by atoms with Gasteiger partial charge in [-0.05, 0) is 24.7 Å². The molecule has 0 aromatic carbocycles. The van der Waals surface area contributed by atoms with Crippen LogP contribution in [-0.4, -0.2) is 54.3 Å². The molecule has 7 heteroatoms. The molecule has 172 valence electrons. The van der Waals surface area contributed by atoms with Gasteiger partial charge >= 0.3 is 0 Å². The Morgan fingerprint density at radius 3 is 1.73 bits per heavy atom. The molecule has 7 nitrogen and oxygen atoms in total. The number of nitrogens with zero attached hydrogens (tertiary/aromatic N) is 4. The molecule has 2 heterocycles. The second kappa shape index (κ2) is 14.4. The van der Waals surface area contributed by atoms with Gasteiger partial charge in [0.2, 0.25) is 17.8 Å². The van der Waals surface area contributed by atoms with Crippen LogP contribution >= 0.6 is 0 Å². The summed E-state index contributed by atoms with van der Waals surface area (Å²) >= 11 is 0. The molecule has 0 aliphatic carbocycles. The minimum atomic E-state index is 0.656. The summed E-state index contributed by atoms with van der Waals surface area (Å²) in [7, 11) is 0. The molecule has 1 saturated heterocycles. The summed E-state index contributed by atoms with van der Waals surface area (Å²) in [5.41, 5.74) is 0. The fourth-order valence-corrected chi connectivity index (χ4v) is 3.79. The van der Waals surface area contributed by atoms with Gasteiger partial charge < -0.3 is 20.3 Å². The van der Waals surface area contributed by atoms with Crippen LogP contribution in [0.3, 0.4) is 0 Å². The van der Waals surface area contributed by atoms with Crippen molar-refractivity contribution in [1.82, 2.24) is 15.0 Å². The minimum absolute atomic E-state index is 0.656. The summed E-state index contributed by atoms with van der Waals surface area (Å²) in [6.45, 7) is 14.0. The zero-order valence-electron chi connectivity index (χ0n) is 19.8. The van der Waals surface area contributed by atoms with Crippen molar-refractivity contribution in [3.63, 3.8) is 0 Å². The van der Waals surface area contributed by atoms with Crippen LogP contribution in [0.4, 0.5) is 17.8 Å². The Kier molecular flexibility index (Phi) is 11.8. The third-order valence-electron chi connectivity index (χ3n) is 6.10. The SMILES string of the molecule is CCCCC(CC)CNc1nc(NCC(CC)CCCC)nc(N2CCOCC2)n1. The highest BCUT2D eigenvalue weighted by atomic mass is 16.5. The van der Waals surface area contributed by atoms with E-state index in [2.05, 4.69) is 43.2 Å². The van der Waals surface area contributed by atoms with Crippen LogP contribution in [0.25, 0.3) is 0 Å². The number of ether oxygens (including phenoxy) is 1. The fraction of sp³-hybridized carbons (Fsp3) is 0.870. The summed E-state index contributed by atoms with van der Waals surface area (Å²) in [6.07, 6.45) is 9.90. The molecule has 0 bridgehead atoms. The monoisotopic (exact) mass is 420 g/mol. The van der Waals surface area contributed by atoms with Crippen molar-refractivity contribution < 1.29 is 4.74 Å². The highest BCUT2D eigenvalue weighted by molar-refractivity contribution is 5.44. The van der Waals surface area contributed by atoms with Crippen LogP contribution in [-0.2, 0) is 4.74 Å². The Morgan fingerprint density at radius 1 is 0.800 bits per heavy atom. The van der Waals surface area contributed by atoms with E-state index in [9.17, 15) is 0 Å². The molecule has 0 spiro atoms.